The van der Waals surface area contributed by atoms with Gasteiger partial charge in [0.25, 0.3) is 0 Å². The van der Waals surface area contributed by atoms with Gasteiger partial charge in [0.15, 0.2) is 0 Å². The molecule has 2 heterocycles. The van der Waals surface area contributed by atoms with Crippen molar-refractivity contribution in [1.29, 1.82) is 0 Å². The second-order valence-electron chi connectivity index (χ2n) is 13.5. The van der Waals surface area contributed by atoms with Gasteiger partial charge in [-0.25, -0.2) is 8.78 Å². The van der Waals surface area contributed by atoms with E-state index in [1.807, 2.05) is 42.6 Å². The average molecular weight is 639 g/mol. The van der Waals surface area contributed by atoms with Crippen molar-refractivity contribution in [3.63, 3.8) is 0 Å². The minimum absolute atomic E-state index is 0.0153. The molecule has 3 N–H and O–H groups in total. The number of nitrogens with one attached hydrogen (secondary N) is 3. The molecule has 2 aromatic rings. The van der Waals surface area contributed by atoms with Gasteiger partial charge in [0.2, 0.25) is 17.7 Å². The number of piperazine rings is 1. The molecule has 1 saturated heterocycles. The van der Waals surface area contributed by atoms with Gasteiger partial charge in [-0.1, -0.05) is 36.4 Å². The van der Waals surface area contributed by atoms with Crippen LogP contribution in [0.3, 0.4) is 0 Å². The maximum atomic E-state index is 13.7. The summed E-state index contributed by atoms with van der Waals surface area (Å²) < 4.78 is 27.5. The van der Waals surface area contributed by atoms with Crippen LogP contribution in [0.5, 0.6) is 0 Å². The molecule has 1 aromatic heterocycles. The molecule has 1 aliphatic heterocycles. The lowest BCUT2D eigenvalue weighted by atomic mass is 9.86. The Bertz CT molecular complexity index is 1250. The maximum absolute atomic E-state index is 13.7. The number of nitrogens with zero attached hydrogens (tertiary/aromatic N) is 3. The van der Waals surface area contributed by atoms with E-state index in [4.69, 9.17) is 4.98 Å². The summed E-state index contributed by atoms with van der Waals surface area (Å²) in [5, 5.41) is 9.93. The van der Waals surface area contributed by atoms with Crippen molar-refractivity contribution in [2.24, 2.45) is 5.92 Å². The minimum Gasteiger partial charge on any atom is -0.356 e. The Morgan fingerprint density at radius 2 is 1.91 bits per heavy atom. The van der Waals surface area contributed by atoms with Crippen LogP contribution in [-0.2, 0) is 16.0 Å². The lowest BCUT2D eigenvalue weighted by molar-refractivity contribution is -0.130. The van der Waals surface area contributed by atoms with Crippen molar-refractivity contribution < 1.29 is 18.4 Å². The average Bonchev–Trinajstić information content (AvgIpc) is 3.06. The number of pyridine rings is 1. The summed E-state index contributed by atoms with van der Waals surface area (Å²) in [7, 11) is 0. The van der Waals surface area contributed by atoms with Gasteiger partial charge in [-0.2, -0.15) is 0 Å². The van der Waals surface area contributed by atoms with Gasteiger partial charge in [0.1, 0.15) is 0 Å². The van der Waals surface area contributed by atoms with Gasteiger partial charge in [-0.05, 0) is 75.1 Å². The molecule has 3 atom stereocenters. The first-order valence-electron chi connectivity index (χ1n) is 17.4. The highest BCUT2D eigenvalue weighted by molar-refractivity contribution is 5.79. The molecule has 1 saturated carbocycles. The molecular weight excluding hydrogens is 586 g/mol. The van der Waals surface area contributed by atoms with E-state index in [9.17, 15) is 18.4 Å². The van der Waals surface area contributed by atoms with Crippen molar-refractivity contribution in [1.82, 2.24) is 30.7 Å². The highest BCUT2D eigenvalue weighted by atomic mass is 19.3. The fourth-order valence-electron chi connectivity index (χ4n) is 7.43. The van der Waals surface area contributed by atoms with Crippen LogP contribution >= 0.6 is 0 Å². The summed E-state index contributed by atoms with van der Waals surface area (Å²) >= 11 is 0. The van der Waals surface area contributed by atoms with E-state index in [1.165, 1.54) is 11.3 Å². The topological polar surface area (TPSA) is 89.6 Å². The van der Waals surface area contributed by atoms with Crippen LogP contribution in [0, 0.1) is 5.92 Å². The van der Waals surface area contributed by atoms with Gasteiger partial charge in [-0.3, -0.25) is 19.5 Å². The molecular formula is C36H52F2N6O2. The summed E-state index contributed by atoms with van der Waals surface area (Å²) in [6.07, 6.45) is 8.03. The van der Waals surface area contributed by atoms with Gasteiger partial charge >= 0.3 is 0 Å². The number of aromatic nitrogens is 1. The van der Waals surface area contributed by atoms with Gasteiger partial charge in [-0.15, -0.1) is 0 Å². The lowest BCUT2D eigenvalue weighted by Gasteiger charge is -2.41. The van der Waals surface area contributed by atoms with Crippen LogP contribution in [0.4, 0.5) is 8.78 Å². The lowest BCUT2D eigenvalue weighted by Crippen LogP contribution is -2.55. The molecule has 8 nitrogen and oxygen atoms in total. The smallest absolute Gasteiger partial charge is 0.248 e. The summed E-state index contributed by atoms with van der Waals surface area (Å²) in [4.78, 5) is 34.5. The summed E-state index contributed by atoms with van der Waals surface area (Å²) in [5.74, 6) is -3.08. The fourth-order valence-corrected chi connectivity index (χ4v) is 7.43. The molecule has 5 rings (SSSR count). The summed E-state index contributed by atoms with van der Waals surface area (Å²) in [6, 6.07) is 14.7. The van der Waals surface area contributed by atoms with E-state index in [1.54, 1.807) is 6.92 Å². The molecule has 1 aromatic carbocycles. The number of halogens is 2. The molecule has 2 fully saturated rings. The largest absolute Gasteiger partial charge is 0.356 e. The number of hydrogen-bond acceptors (Lipinski definition) is 6. The van der Waals surface area contributed by atoms with Crippen LogP contribution in [-0.4, -0.2) is 84.4 Å². The maximum Gasteiger partial charge on any atom is 0.248 e. The van der Waals surface area contributed by atoms with Crippen molar-refractivity contribution in [3.8, 4) is 0 Å². The van der Waals surface area contributed by atoms with Crippen LogP contribution in [0.1, 0.15) is 93.6 Å². The van der Waals surface area contributed by atoms with E-state index in [0.29, 0.717) is 18.6 Å². The molecule has 0 bridgehead atoms. The third-order valence-corrected chi connectivity index (χ3v) is 9.99. The number of rotatable bonds is 14. The van der Waals surface area contributed by atoms with Gasteiger partial charge in [0, 0.05) is 77.2 Å². The van der Waals surface area contributed by atoms with Crippen molar-refractivity contribution in [3.05, 3.63) is 65.5 Å². The van der Waals surface area contributed by atoms with E-state index < -0.39 is 5.92 Å². The Morgan fingerprint density at radius 1 is 1.11 bits per heavy atom. The normalized spacial score (nSPS) is 22.6. The Kier molecular flexibility index (Phi) is 12.5. The van der Waals surface area contributed by atoms with E-state index in [2.05, 4.69) is 31.8 Å². The number of fused-ring (bicyclic) bond motifs is 1. The first kappa shape index (κ1) is 34.4. The van der Waals surface area contributed by atoms with Crippen molar-refractivity contribution in [2.75, 3.05) is 45.8 Å². The van der Waals surface area contributed by atoms with E-state index >= 15 is 0 Å². The second-order valence-corrected chi connectivity index (χ2v) is 13.5. The minimum atomic E-state index is -2.65. The van der Waals surface area contributed by atoms with Crippen LogP contribution in [0.25, 0.3) is 0 Å². The summed E-state index contributed by atoms with van der Waals surface area (Å²) in [6.45, 7) is 7.73. The zero-order valence-electron chi connectivity index (χ0n) is 27.4. The van der Waals surface area contributed by atoms with E-state index in [-0.39, 0.29) is 49.5 Å². The first-order valence-corrected chi connectivity index (χ1v) is 17.4. The predicted molar refractivity (Wildman–Crippen MR) is 176 cm³/mol. The fraction of sp³-hybridized carbons (Fsp3) is 0.639. The first-order chi connectivity index (χ1) is 22.3. The van der Waals surface area contributed by atoms with Gasteiger partial charge < -0.3 is 20.9 Å². The monoisotopic (exact) mass is 638 g/mol. The molecule has 10 heteroatoms. The molecule has 46 heavy (non-hydrogen) atoms. The molecule has 0 radical (unpaired) electrons. The second kappa shape index (κ2) is 16.7. The highest BCUT2D eigenvalue weighted by Gasteiger charge is 2.38. The number of alkyl halides is 2. The molecule has 2 amide bonds. The molecule has 3 aliphatic rings. The van der Waals surface area contributed by atoms with Crippen molar-refractivity contribution in [2.45, 2.75) is 95.2 Å². The predicted octanol–water partition coefficient (Wildman–Crippen LogP) is 5.02. The third kappa shape index (κ3) is 10.0. The van der Waals surface area contributed by atoms with Crippen LogP contribution in [0.2, 0.25) is 0 Å². The number of unbranched alkanes of at least 4 members (excludes halogenated alkanes) is 1. The number of hydrogen-bond donors (Lipinski definition) is 3. The Labute approximate surface area is 273 Å². The number of benzene rings is 1. The quantitative estimate of drug-likeness (QED) is 0.252. The Hall–Kier alpha value is -2.95. The Balaban J connectivity index is 1.19. The van der Waals surface area contributed by atoms with E-state index in [0.717, 1.165) is 83.4 Å². The molecule has 1 unspecified atom stereocenters. The van der Waals surface area contributed by atoms with Crippen molar-refractivity contribution >= 4 is 11.8 Å². The SMILES string of the molecule is CC(=O)NCCCCN(CC1CN(CC[C@H](NC(=O)C2CCC(F)(F)CC2)c2ccccc2)CCN1)[C@H]1CCCc2cccnc21. The van der Waals surface area contributed by atoms with Crippen LogP contribution < -0.4 is 16.0 Å². The van der Waals surface area contributed by atoms with Crippen LogP contribution in [0.15, 0.2) is 48.7 Å². The van der Waals surface area contributed by atoms with Gasteiger partial charge in [0.05, 0.1) is 17.8 Å². The standard InChI is InChI=1S/C36H52F2N6O2/c1-27(45)39-19-5-6-22-44(33-13-7-11-29-12-8-20-41-34(29)33)26-31-25-43(24-21-40-31)23-16-32(28-9-3-2-4-10-28)42-35(46)30-14-17-36(37,38)18-15-30/h2-4,8-10,12,20,30-33,40H,5-7,11,13-19,21-26H2,1H3,(H,39,45)(H,42,46)/t31?,32-,33-/m0/s1. The number of carbonyl (C=O) groups excluding carboxylic acids is 2. The highest BCUT2D eigenvalue weighted by Crippen LogP contribution is 2.37. The molecule has 252 valence electrons. The number of aryl methyl sites for hydroxylation is 1. The Morgan fingerprint density at radius 3 is 2.70 bits per heavy atom. The number of amides is 2. The number of carbonyl (C=O) groups is 2. The third-order valence-electron chi connectivity index (χ3n) is 9.99. The molecule has 2 aliphatic carbocycles. The molecule has 0 spiro atoms. The zero-order valence-corrected chi connectivity index (χ0v) is 27.4. The zero-order chi connectivity index (χ0) is 32.4. The summed E-state index contributed by atoms with van der Waals surface area (Å²) in [5.41, 5.74) is 3.63.